The van der Waals surface area contributed by atoms with E-state index in [4.69, 9.17) is 0 Å². The summed E-state index contributed by atoms with van der Waals surface area (Å²) in [5.74, 6) is -0.666. The highest BCUT2D eigenvalue weighted by atomic mass is 16.2. The number of carbonyl (C=O) groups is 3. The molecule has 0 spiro atoms. The molecule has 4 rings (SSSR count). The molecule has 1 saturated carbocycles. The Labute approximate surface area is 170 Å². The Kier molecular flexibility index (Phi) is 5.08. The Hall–Kier alpha value is -2.45. The third kappa shape index (κ3) is 4.00. The van der Waals surface area contributed by atoms with E-state index in [-0.39, 0.29) is 47.9 Å². The van der Waals surface area contributed by atoms with E-state index >= 15 is 0 Å². The molecule has 0 aromatic heterocycles. The molecule has 4 N–H and O–H groups in total. The fraction of sp³-hybridized carbons (Fsp3) is 0.571. The summed E-state index contributed by atoms with van der Waals surface area (Å²) in [5, 5.41) is 5.61. The van der Waals surface area contributed by atoms with Crippen molar-refractivity contribution in [2.24, 2.45) is 5.41 Å². The Morgan fingerprint density at radius 1 is 1.17 bits per heavy atom. The van der Waals surface area contributed by atoms with Gasteiger partial charge in [0.2, 0.25) is 11.8 Å². The van der Waals surface area contributed by atoms with Crippen molar-refractivity contribution in [1.29, 1.82) is 0 Å². The average molecular weight is 399 g/mol. The summed E-state index contributed by atoms with van der Waals surface area (Å²) >= 11 is 0. The molecule has 2 fully saturated rings. The second-order valence-corrected chi connectivity index (χ2v) is 9.21. The molecule has 29 heavy (non-hydrogen) atoms. The maximum Gasteiger partial charge on any atom is 0.255 e. The lowest BCUT2D eigenvalue weighted by atomic mass is 9.85. The van der Waals surface area contributed by atoms with E-state index in [9.17, 15) is 14.4 Å². The van der Waals surface area contributed by atoms with Gasteiger partial charge in [-0.05, 0) is 36.3 Å². The molecule has 1 aliphatic carbocycles. The van der Waals surface area contributed by atoms with E-state index in [1.54, 1.807) is 11.0 Å². The average Bonchev–Trinajstić information content (AvgIpc) is 3.31. The number of nitrogens with zero attached hydrogens (tertiary/aromatic N) is 1. The molecule has 2 aliphatic heterocycles. The van der Waals surface area contributed by atoms with Crippen molar-refractivity contribution in [1.82, 2.24) is 26.4 Å². The van der Waals surface area contributed by atoms with Gasteiger partial charge in [-0.25, -0.2) is 5.43 Å². The van der Waals surface area contributed by atoms with Gasteiger partial charge in [-0.15, -0.1) is 0 Å². The standard InChI is InChI=1S/C21H29N5O3/c1-21(2,3)15-10-16(25-24-15)23-17(27)11-22-19(28)18-13-6-4-5-7-14(13)20(29)26(18)12-8-9-12/h4-7,12,15-16,18,24-25H,8-11H2,1-3H3,(H,22,28)(H,23,27). The molecule has 2 heterocycles. The van der Waals surface area contributed by atoms with Crippen LogP contribution in [0.1, 0.15) is 62.0 Å². The molecule has 0 radical (unpaired) electrons. The van der Waals surface area contributed by atoms with Gasteiger partial charge in [0, 0.05) is 17.6 Å². The first-order valence-electron chi connectivity index (χ1n) is 10.3. The minimum atomic E-state index is -0.657. The zero-order valence-corrected chi connectivity index (χ0v) is 17.1. The number of amides is 3. The van der Waals surface area contributed by atoms with Crippen molar-refractivity contribution in [3.05, 3.63) is 35.4 Å². The summed E-state index contributed by atoms with van der Waals surface area (Å²) in [6.45, 7) is 6.30. The maximum atomic E-state index is 12.9. The van der Waals surface area contributed by atoms with Gasteiger partial charge in [-0.1, -0.05) is 39.0 Å². The second-order valence-electron chi connectivity index (χ2n) is 9.21. The number of hydrazine groups is 1. The normalized spacial score (nSPS) is 26.4. The Morgan fingerprint density at radius 3 is 2.55 bits per heavy atom. The highest BCUT2D eigenvalue weighted by Crippen LogP contribution is 2.41. The number of hydrogen-bond acceptors (Lipinski definition) is 5. The highest BCUT2D eigenvalue weighted by Gasteiger charge is 2.47. The Bertz CT molecular complexity index is 830. The van der Waals surface area contributed by atoms with Crippen LogP contribution in [-0.4, -0.2) is 47.4 Å². The maximum absolute atomic E-state index is 12.9. The quantitative estimate of drug-likeness (QED) is 0.587. The van der Waals surface area contributed by atoms with Gasteiger partial charge in [0.15, 0.2) is 0 Å². The van der Waals surface area contributed by atoms with Crippen molar-refractivity contribution in [3.8, 4) is 0 Å². The summed E-state index contributed by atoms with van der Waals surface area (Å²) in [7, 11) is 0. The van der Waals surface area contributed by atoms with Crippen molar-refractivity contribution in [3.63, 3.8) is 0 Å². The Balaban J connectivity index is 1.35. The summed E-state index contributed by atoms with van der Waals surface area (Å²) in [4.78, 5) is 39.6. The predicted octanol–water partition coefficient (Wildman–Crippen LogP) is 0.817. The number of benzene rings is 1. The molecule has 3 atom stereocenters. The number of hydrogen-bond donors (Lipinski definition) is 4. The molecule has 8 nitrogen and oxygen atoms in total. The van der Waals surface area contributed by atoms with Crippen LogP contribution in [0.4, 0.5) is 0 Å². The van der Waals surface area contributed by atoms with Crippen molar-refractivity contribution in [2.75, 3.05) is 6.54 Å². The molecule has 3 unspecified atom stereocenters. The summed E-state index contributed by atoms with van der Waals surface area (Å²) in [5.41, 5.74) is 7.67. The molecule has 0 bridgehead atoms. The molecule has 3 aliphatic rings. The summed E-state index contributed by atoms with van der Waals surface area (Å²) < 4.78 is 0. The number of rotatable bonds is 5. The van der Waals surface area contributed by atoms with E-state index in [2.05, 4.69) is 42.3 Å². The van der Waals surface area contributed by atoms with Crippen LogP contribution in [0.3, 0.4) is 0 Å². The minimum Gasteiger partial charge on any atom is -0.345 e. The lowest BCUT2D eigenvalue weighted by Crippen LogP contribution is -2.49. The van der Waals surface area contributed by atoms with Crippen molar-refractivity contribution in [2.45, 2.75) is 64.3 Å². The summed E-state index contributed by atoms with van der Waals surface area (Å²) in [6, 6.07) is 6.93. The third-order valence-corrected chi connectivity index (χ3v) is 5.89. The molecule has 1 aromatic carbocycles. The first-order valence-corrected chi connectivity index (χ1v) is 10.3. The van der Waals surface area contributed by atoms with Gasteiger partial charge in [-0.2, -0.15) is 0 Å². The van der Waals surface area contributed by atoms with E-state index < -0.39 is 6.04 Å². The van der Waals surface area contributed by atoms with Crippen LogP contribution in [0.2, 0.25) is 0 Å². The molecule has 8 heteroatoms. The smallest absolute Gasteiger partial charge is 0.255 e. The minimum absolute atomic E-state index is 0.0787. The first-order chi connectivity index (χ1) is 13.8. The lowest BCUT2D eigenvalue weighted by molar-refractivity contribution is -0.129. The topological polar surface area (TPSA) is 103 Å². The van der Waals surface area contributed by atoms with Gasteiger partial charge >= 0.3 is 0 Å². The number of carbonyl (C=O) groups excluding carboxylic acids is 3. The fourth-order valence-corrected chi connectivity index (χ4v) is 4.06. The van der Waals surface area contributed by atoms with Crippen LogP contribution in [0.25, 0.3) is 0 Å². The number of fused-ring (bicyclic) bond motifs is 1. The van der Waals surface area contributed by atoms with Crippen LogP contribution in [-0.2, 0) is 9.59 Å². The summed E-state index contributed by atoms with van der Waals surface area (Å²) in [6.07, 6.45) is 2.42. The third-order valence-electron chi connectivity index (χ3n) is 5.89. The fourth-order valence-electron chi connectivity index (χ4n) is 4.06. The molecular formula is C21H29N5O3. The van der Waals surface area contributed by atoms with E-state index in [1.165, 1.54) is 0 Å². The van der Waals surface area contributed by atoms with Gasteiger partial charge < -0.3 is 15.5 Å². The molecular weight excluding hydrogens is 370 g/mol. The van der Waals surface area contributed by atoms with Crippen molar-refractivity contribution < 1.29 is 14.4 Å². The van der Waals surface area contributed by atoms with E-state index in [0.717, 1.165) is 24.8 Å². The van der Waals surface area contributed by atoms with Gasteiger partial charge in [0.1, 0.15) is 6.04 Å². The largest absolute Gasteiger partial charge is 0.345 e. The second kappa shape index (κ2) is 7.42. The van der Waals surface area contributed by atoms with Crippen LogP contribution in [0, 0.1) is 5.41 Å². The van der Waals surface area contributed by atoms with Gasteiger partial charge in [0.05, 0.1) is 12.7 Å². The van der Waals surface area contributed by atoms with Crippen LogP contribution < -0.4 is 21.5 Å². The highest BCUT2D eigenvalue weighted by molar-refractivity contribution is 6.05. The molecule has 156 valence electrons. The zero-order chi connectivity index (χ0) is 20.8. The number of nitrogens with one attached hydrogen (secondary N) is 4. The molecule has 1 aromatic rings. The van der Waals surface area contributed by atoms with Crippen LogP contribution in [0.5, 0.6) is 0 Å². The Morgan fingerprint density at radius 2 is 1.90 bits per heavy atom. The van der Waals surface area contributed by atoms with Crippen LogP contribution >= 0.6 is 0 Å². The predicted molar refractivity (Wildman–Crippen MR) is 107 cm³/mol. The zero-order valence-electron chi connectivity index (χ0n) is 17.1. The molecule has 3 amide bonds. The lowest BCUT2D eigenvalue weighted by Gasteiger charge is -2.26. The SMILES string of the molecule is CC(C)(C)C1CC(NC(=O)CNC(=O)C2c3ccccc3C(=O)N2C2CC2)NN1. The van der Waals surface area contributed by atoms with E-state index in [1.807, 2.05) is 18.2 Å². The molecule has 1 saturated heterocycles. The first kappa shape index (κ1) is 19.8. The monoisotopic (exact) mass is 399 g/mol. The van der Waals surface area contributed by atoms with Gasteiger partial charge in [-0.3, -0.25) is 19.8 Å². The van der Waals surface area contributed by atoms with Crippen molar-refractivity contribution >= 4 is 17.7 Å². The van der Waals surface area contributed by atoms with Crippen LogP contribution in [0.15, 0.2) is 24.3 Å². The van der Waals surface area contributed by atoms with E-state index in [0.29, 0.717) is 5.56 Å². The van der Waals surface area contributed by atoms with Gasteiger partial charge in [0.25, 0.3) is 5.91 Å².